The Hall–Kier alpha value is -1.75. The number of hydrogen-bond acceptors (Lipinski definition) is 4. The quantitative estimate of drug-likeness (QED) is 0.435. The predicted octanol–water partition coefficient (Wildman–Crippen LogP) is 1.35. The lowest BCUT2D eigenvalue weighted by atomic mass is 10.1. The number of amides is 1. The number of phenols is 2. The molecule has 18 heavy (non-hydrogen) atoms. The molecule has 5 N–H and O–H groups in total. The average molecular weight is 252 g/mol. The molecule has 5 heteroatoms. The van der Waals surface area contributed by atoms with E-state index in [2.05, 4.69) is 5.32 Å². The molecule has 0 radical (unpaired) electrons. The molecule has 100 valence electrons. The van der Waals surface area contributed by atoms with Crippen molar-refractivity contribution < 1.29 is 15.0 Å². The van der Waals surface area contributed by atoms with Crippen LogP contribution in [0.25, 0.3) is 0 Å². The topological polar surface area (TPSA) is 95.6 Å². The summed E-state index contributed by atoms with van der Waals surface area (Å²) in [6, 6.07) is 4.02. The molecule has 0 aliphatic heterocycles. The van der Waals surface area contributed by atoms with E-state index in [0.717, 1.165) is 25.7 Å². The van der Waals surface area contributed by atoms with E-state index >= 15 is 0 Å². The number of hydrogen-bond donors (Lipinski definition) is 4. The molecule has 1 amide bonds. The van der Waals surface area contributed by atoms with Crippen molar-refractivity contribution in [3.05, 3.63) is 23.8 Å². The third-order valence-corrected chi connectivity index (χ3v) is 2.65. The molecule has 0 saturated carbocycles. The molecule has 5 nitrogen and oxygen atoms in total. The van der Waals surface area contributed by atoms with E-state index in [1.54, 1.807) is 0 Å². The molecule has 0 aromatic heterocycles. The van der Waals surface area contributed by atoms with Crippen LogP contribution in [0.15, 0.2) is 18.2 Å². The molecule has 0 unspecified atom stereocenters. The van der Waals surface area contributed by atoms with Crippen molar-refractivity contribution >= 4 is 5.91 Å². The van der Waals surface area contributed by atoms with Gasteiger partial charge in [0, 0.05) is 12.1 Å². The van der Waals surface area contributed by atoms with Gasteiger partial charge in [0.25, 0.3) is 5.91 Å². The molecule has 0 aliphatic carbocycles. The fourth-order valence-electron chi connectivity index (χ4n) is 1.59. The molecule has 1 aromatic carbocycles. The first-order valence-electron chi connectivity index (χ1n) is 6.15. The number of aromatic hydroxyl groups is 2. The van der Waals surface area contributed by atoms with Crippen molar-refractivity contribution in [2.24, 2.45) is 5.73 Å². The normalized spacial score (nSPS) is 10.3. The molecule has 0 atom stereocenters. The summed E-state index contributed by atoms with van der Waals surface area (Å²) < 4.78 is 0. The van der Waals surface area contributed by atoms with Gasteiger partial charge in [-0.05, 0) is 37.6 Å². The van der Waals surface area contributed by atoms with Gasteiger partial charge in [-0.25, -0.2) is 0 Å². The molecule has 0 saturated heterocycles. The first-order valence-corrected chi connectivity index (χ1v) is 6.15. The largest absolute Gasteiger partial charge is 0.504 e. The standard InChI is InChI=1S/C13H20N2O3/c14-7-3-1-2-4-8-15-13(18)10-5-6-11(16)12(17)9-10/h5-6,9,16-17H,1-4,7-8,14H2,(H,15,18). The third kappa shape index (κ3) is 4.63. The summed E-state index contributed by atoms with van der Waals surface area (Å²) in [4.78, 5) is 11.7. The number of carbonyl (C=O) groups excluding carboxylic acids is 1. The van der Waals surface area contributed by atoms with Crippen LogP contribution < -0.4 is 11.1 Å². The Bertz CT molecular complexity index is 394. The molecule has 0 spiro atoms. The van der Waals surface area contributed by atoms with Crippen molar-refractivity contribution in [2.45, 2.75) is 25.7 Å². The molecular weight excluding hydrogens is 232 g/mol. The van der Waals surface area contributed by atoms with E-state index in [1.165, 1.54) is 18.2 Å². The minimum Gasteiger partial charge on any atom is -0.504 e. The highest BCUT2D eigenvalue weighted by atomic mass is 16.3. The van der Waals surface area contributed by atoms with Gasteiger partial charge in [0.05, 0.1) is 0 Å². The van der Waals surface area contributed by atoms with Crippen LogP contribution in [0.4, 0.5) is 0 Å². The van der Waals surface area contributed by atoms with Gasteiger partial charge in [-0.2, -0.15) is 0 Å². The Labute approximate surface area is 107 Å². The maximum absolute atomic E-state index is 11.7. The first kappa shape index (κ1) is 14.3. The molecule has 0 bridgehead atoms. The fraction of sp³-hybridized carbons (Fsp3) is 0.462. The van der Waals surface area contributed by atoms with Gasteiger partial charge in [-0.3, -0.25) is 4.79 Å². The third-order valence-electron chi connectivity index (χ3n) is 2.65. The van der Waals surface area contributed by atoms with Gasteiger partial charge < -0.3 is 21.3 Å². The summed E-state index contributed by atoms with van der Waals surface area (Å²) in [6.07, 6.45) is 4.04. The van der Waals surface area contributed by atoms with Crippen LogP contribution in [0, 0.1) is 0 Å². The SMILES string of the molecule is NCCCCCCNC(=O)c1ccc(O)c(O)c1. The number of phenolic OH excluding ortho intramolecular Hbond substituents is 2. The molecular formula is C13H20N2O3. The molecule has 1 aromatic rings. The number of nitrogens with one attached hydrogen (secondary N) is 1. The lowest BCUT2D eigenvalue weighted by Gasteiger charge is -2.06. The first-order chi connectivity index (χ1) is 8.65. The van der Waals surface area contributed by atoms with Gasteiger partial charge in [0.15, 0.2) is 11.5 Å². The second-order valence-corrected chi connectivity index (χ2v) is 4.16. The Morgan fingerprint density at radius 1 is 1.11 bits per heavy atom. The summed E-state index contributed by atoms with van der Waals surface area (Å²) in [5.74, 6) is -0.761. The van der Waals surface area contributed by atoms with Gasteiger partial charge in [0.2, 0.25) is 0 Å². The van der Waals surface area contributed by atoms with E-state index in [-0.39, 0.29) is 17.4 Å². The summed E-state index contributed by atoms with van der Waals surface area (Å²) in [5, 5.41) is 21.2. The molecule has 0 fully saturated rings. The number of benzene rings is 1. The monoisotopic (exact) mass is 252 g/mol. The van der Waals surface area contributed by atoms with E-state index in [0.29, 0.717) is 18.7 Å². The van der Waals surface area contributed by atoms with Crippen LogP contribution in [0.3, 0.4) is 0 Å². The zero-order valence-corrected chi connectivity index (χ0v) is 10.4. The summed E-state index contributed by atoms with van der Waals surface area (Å²) >= 11 is 0. The minimum atomic E-state index is -0.286. The number of nitrogens with two attached hydrogens (primary N) is 1. The van der Waals surface area contributed by atoms with Gasteiger partial charge in [-0.1, -0.05) is 12.8 Å². The second kappa shape index (κ2) is 7.55. The fourth-order valence-corrected chi connectivity index (χ4v) is 1.59. The van der Waals surface area contributed by atoms with Crippen molar-refractivity contribution in [1.29, 1.82) is 0 Å². The lowest BCUT2D eigenvalue weighted by Crippen LogP contribution is -2.24. The Morgan fingerprint density at radius 2 is 1.83 bits per heavy atom. The van der Waals surface area contributed by atoms with Crippen molar-refractivity contribution in [2.75, 3.05) is 13.1 Å². The average Bonchev–Trinajstić information content (AvgIpc) is 2.36. The lowest BCUT2D eigenvalue weighted by molar-refractivity contribution is 0.0952. The highest BCUT2D eigenvalue weighted by molar-refractivity contribution is 5.94. The van der Waals surface area contributed by atoms with Crippen molar-refractivity contribution in [1.82, 2.24) is 5.32 Å². The van der Waals surface area contributed by atoms with E-state index in [9.17, 15) is 9.90 Å². The molecule has 1 rings (SSSR count). The maximum atomic E-state index is 11.7. The van der Waals surface area contributed by atoms with Crippen LogP contribution in [0.1, 0.15) is 36.0 Å². The molecule has 0 aliphatic rings. The zero-order valence-electron chi connectivity index (χ0n) is 10.4. The zero-order chi connectivity index (χ0) is 13.4. The summed E-state index contributed by atoms with van der Waals surface area (Å²) in [7, 11) is 0. The molecule has 0 heterocycles. The number of rotatable bonds is 7. The van der Waals surface area contributed by atoms with E-state index in [4.69, 9.17) is 10.8 Å². The Kier molecular flexibility index (Phi) is 6.00. The van der Waals surface area contributed by atoms with Crippen LogP contribution in [0.5, 0.6) is 11.5 Å². The van der Waals surface area contributed by atoms with Crippen LogP contribution in [-0.4, -0.2) is 29.2 Å². The Balaban J connectivity index is 2.30. The van der Waals surface area contributed by atoms with Crippen molar-refractivity contribution in [3.63, 3.8) is 0 Å². The van der Waals surface area contributed by atoms with Crippen LogP contribution in [0.2, 0.25) is 0 Å². The van der Waals surface area contributed by atoms with E-state index < -0.39 is 0 Å². The van der Waals surface area contributed by atoms with Crippen molar-refractivity contribution in [3.8, 4) is 11.5 Å². The highest BCUT2D eigenvalue weighted by Crippen LogP contribution is 2.24. The second-order valence-electron chi connectivity index (χ2n) is 4.16. The Morgan fingerprint density at radius 3 is 2.50 bits per heavy atom. The number of carbonyl (C=O) groups is 1. The van der Waals surface area contributed by atoms with Gasteiger partial charge in [-0.15, -0.1) is 0 Å². The van der Waals surface area contributed by atoms with Gasteiger partial charge in [0.1, 0.15) is 0 Å². The smallest absolute Gasteiger partial charge is 0.251 e. The highest BCUT2D eigenvalue weighted by Gasteiger charge is 2.07. The van der Waals surface area contributed by atoms with Gasteiger partial charge >= 0.3 is 0 Å². The van der Waals surface area contributed by atoms with Crippen LogP contribution in [-0.2, 0) is 0 Å². The summed E-state index contributed by atoms with van der Waals surface area (Å²) in [5.41, 5.74) is 5.72. The minimum absolute atomic E-state index is 0.228. The summed E-state index contributed by atoms with van der Waals surface area (Å²) in [6.45, 7) is 1.31. The predicted molar refractivity (Wildman–Crippen MR) is 69.6 cm³/mol. The number of unbranched alkanes of at least 4 members (excludes halogenated alkanes) is 3. The van der Waals surface area contributed by atoms with Crippen LogP contribution >= 0.6 is 0 Å². The maximum Gasteiger partial charge on any atom is 0.251 e. The van der Waals surface area contributed by atoms with E-state index in [1.807, 2.05) is 0 Å².